The van der Waals surface area contributed by atoms with Gasteiger partial charge in [0.15, 0.2) is 0 Å². The number of halogens is 1. The molecule has 6 heteroatoms. The Morgan fingerprint density at radius 3 is 2.67 bits per heavy atom. The fourth-order valence-corrected chi connectivity index (χ4v) is 1.63. The molecular weight excluding hydrogens is 262 g/mol. The molecule has 2 unspecified atom stereocenters. The molecule has 0 amide bonds. The molecule has 0 bridgehead atoms. The predicted molar refractivity (Wildman–Crippen MR) is 61.4 cm³/mol. The third kappa shape index (κ3) is 3.42. The second kappa shape index (κ2) is 6.02. The van der Waals surface area contributed by atoms with Crippen molar-refractivity contribution in [2.45, 2.75) is 18.6 Å². The number of nitrogens with one attached hydrogen (secondary N) is 1. The second-order valence-corrected chi connectivity index (χ2v) is 3.90. The van der Waals surface area contributed by atoms with E-state index in [9.17, 15) is 10.2 Å². The van der Waals surface area contributed by atoms with Gasteiger partial charge in [0.1, 0.15) is 11.9 Å². The zero-order valence-electron chi connectivity index (χ0n) is 8.10. The minimum Gasteiger partial charge on any atom is -0.390 e. The highest BCUT2D eigenvalue weighted by molar-refractivity contribution is 9.09. The number of aliphatic hydroxyl groups is 2. The highest BCUT2D eigenvalue weighted by Crippen LogP contribution is 2.19. The first-order valence-electron chi connectivity index (χ1n) is 4.53. The van der Waals surface area contributed by atoms with Gasteiger partial charge in [0.05, 0.1) is 6.10 Å². The maximum Gasteiger partial charge on any atom is 0.139 e. The molecule has 1 aromatic rings. The second-order valence-electron chi connectivity index (χ2n) is 3.11. The van der Waals surface area contributed by atoms with Crippen molar-refractivity contribution in [3.8, 4) is 0 Å². The van der Waals surface area contributed by atoms with Crippen LogP contribution in [0.1, 0.15) is 18.1 Å². The smallest absolute Gasteiger partial charge is 0.139 e. The Labute approximate surface area is 96.4 Å². The molecule has 15 heavy (non-hydrogen) atoms. The molecule has 84 valence electrons. The van der Waals surface area contributed by atoms with Gasteiger partial charge in [0.25, 0.3) is 0 Å². The molecule has 0 saturated carbocycles. The van der Waals surface area contributed by atoms with Crippen LogP contribution in [0.5, 0.6) is 0 Å². The molecular formula is C9H14BrN3O2. The molecule has 0 aliphatic heterocycles. The molecule has 0 radical (unpaired) electrons. The van der Waals surface area contributed by atoms with Gasteiger partial charge in [-0.2, -0.15) is 0 Å². The predicted octanol–water partition coefficient (Wildman–Crippen LogP) is 0.546. The number of hydrogen-bond donors (Lipinski definition) is 4. The normalized spacial score (nSPS) is 14.7. The van der Waals surface area contributed by atoms with E-state index in [0.29, 0.717) is 23.1 Å². The largest absolute Gasteiger partial charge is 0.390 e. The van der Waals surface area contributed by atoms with Crippen LogP contribution in [0.2, 0.25) is 0 Å². The van der Waals surface area contributed by atoms with E-state index in [1.54, 1.807) is 12.1 Å². The number of alkyl halides is 1. The third-order valence-corrected chi connectivity index (χ3v) is 2.50. The highest BCUT2D eigenvalue weighted by atomic mass is 79.9. The first-order valence-corrected chi connectivity index (χ1v) is 5.66. The zero-order chi connectivity index (χ0) is 11.3. The van der Waals surface area contributed by atoms with Gasteiger partial charge in [-0.1, -0.05) is 22.0 Å². The standard InChI is InChI=1S/C9H14BrN3O2/c10-4-3-7(14)9(15)6-1-2-8(13-11)12-5-6/h1-2,5,7,9,14-15H,3-4,11H2,(H,12,13). The molecule has 1 heterocycles. The van der Waals surface area contributed by atoms with Crippen molar-refractivity contribution >= 4 is 21.7 Å². The summed E-state index contributed by atoms with van der Waals surface area (Å²) in [5, 5.41) is 19.9. The summed E-state index contributed by atoms with van der Waals surface area (Å²) < 4.78 is 0. The van der Waals surface area contributed by atoms with E-state index in [1.165, 1.54) is 6.20 Å². The van der Waals surface area contributed by atoms with E-state index in [2.05, 4.69) is 26.3 Å². The summed E-state index contributed by atoms with van der Waals surface area (Å²) in [6.45, 7) is 0. The summed E-state index contributed by atoms with van der Waals surface area (Å²) in [4.78, 5) is 3.94. The van der Waals surface area contributed by atoms with Crippen LogP contribution in [0, 0.1) is 0 Å². The van der Waals surface area contributed by atoms with Crippen molar-refractivity contribution in [1.82, 2.24) is 4.98 Å². The van der Waals surface area contributed by atoms with Crippen molar-refractivity contribution < 1.29 is 10.2 Å². The summed E-state index contributed by atoms with van der Waals surface area (Å²) >= 11 is 3.20. The molecule has 1 aromatic heterocycles. The van der Waals surface area contributed by atoms with Crippen molar-refractivity contribution in [3.05, 3.63) is 23.9 Å². The summed E-state index contributed by atoms with van der Waals surface area (Å²) in [5.74, 6) is 5.67. The number of nitrogen functional groups attached to an aromatic ring is 1. The Morgan fingerprint density at radius 2 is 2.20 bits per heavy atom. The van der Waals surface area contributed by atoms with E-state index in [0.717, 1.165) is 0 Å². The Balaban J connectivity index is 2.69. The summed E-state index contributed by atoms with van der Waals surface area (Å²) in [7, 11) is 0. The molecule has 5 nitrogen and oxygen atoms in total. The van der Waals surface area contributed by atoms with Crippen LogP contribution in [0.4, 0.5) is 5.82 Å². The van der Waals surface area contributed by atoms with Crippen LogP contribution in [0.25, 0.3) is 0 Å². The SMILES string of the molecule is NNc1ccc(C(O)C(O)CCBr)cn1. The average molecular weight is 276 g/mol. The van der Waals surface area contributed by atoms with Crippen LogP contribution >= 0.6 is 15.9 Å². The lowest BCUT2D eigenvalue weighted by atomic mass is 10.0. The summed E-state index contributed by atoms with van der Waals surface area (Å²) in [5.41, 5.74) is 2.96. The van der Waals surface area contributed by atoms with Crippen LogP contribution in [0.15, 0.2) is 18.3 Å². The van der Waals surface area contributed by atoms with Crippen molar-refractivity contribution in [2.24, 2.45) is 5.84 Å². The number of aromatic nitrogens is 1. The molecule has 0 spiro atoms. The van der Waals surface area contributed by atoms with Crippen molar-refractivity contribution in [1.29, 1.82) is 0 Å². The lowest BCUT2D eigenvalue weighted by Crippen LogP contribution is -2.19. The number of hydrazine groups is 1. The Kier molecular flexibility index (Phi) is 4.97. The molecule has 0 aliphatic carbocycles. The number of anilines is 1. The molecule has 0 aromatic carbocycles. The van der Waals surface area contributed by atoms with Gasteiger partial charge in [-0.3, -0.25) is 0 Å². The fourth-order valence-electron chi connectivity index (χ4n) is 1.16. The van der Waals surface area contributed by atoms with Gasteiger partial charge < -0.3 is 15.6 Å². The number of nitrogens with zero attached hydrogens (tertiary/aromatic N) is 1. The maximum atomic E-state index is 9.72. The first kappa shape index (κ1) is 12.4. The van der Waals surface area contributed by atoms with Gasteiger partial charge in [0, 0.05) is 17.1 Å². The fraction of sp³-hybridized carbons (Fsp3) is 0.444. The lowest BCUT2D eigenvalue weighted by molar-refractivity contribution is 0.0172. The molecule has 0 saturated heterocycles. The van der Waals surface area contributed by atoms with Crippen molar-refractivity contribution in [2.75, 3.05) is 10.8 Å². The molecule has 5 N–H and O–H groups in total. The number of nitrogens with two attached hydrogens (primary N) is 1. The summed E-state index contributed by atoms with van der Waals surface area (Å²) in [6, 6.07) is 3.31. The Hall–Kier alpha value is -0.690. The minimum atomic E-state index is -0.915. The molecule has 2 atom stereocenters. The molecule has 0 aliphatic rings. The minimum absolute atomic E-state index is 0.484. The van der Waals surface area contributed by atoms with Crippen LogP contribution in [-0.4, -0.2) is 26.6 Å². The van der Waals surface area contributed by atoms with Gasteiger partial charge in [-0.05, 0) is 12.5 Å². The quantitative estimate of drug-likeness (QED) is 0.358. The maximum absolute atomic E-state index is 9.72. The highest BCUT2D eigenvalue weighted by Gasteiger charge is 2.17. The molecule has 1 rings (SSSR count). The van der Waals surface area contributed by atoms with Crippen LogP contribution in [0.3, 0.4) is 0 Å². The number of hydrogen-bond acceptors (Lipinski definition) is 5. The van der Waals surface area contributed by atoms with Gasteiger partial charge in [0.2, 0.25) is 0 Å². The van der Waals surface area contributed by atoms with Crippen molar-refractivity contribution in [3.63, 3.8) is 0 Å². The number of rotatable bonds is 5. The summed E-state index contributed by atoms with van der Waals surface area (Å²) in [6.07, 6.45) is 0.264. The van der Waals surface area contributed by atoms with Crippen LogP contribution < -0.4 is 11.3 Å². The third-order valence-electron chi connectivity index (χ3n) is 2.05. The zero-order valence-corrected chi connectivity index (χ0v) is 9.68. The average Bonchev–Trinajstić information content (AvgIpc) is 2.28. The number of pyridine rings is 1. The van der Waals surface area contributed by atoms with E-state index < -0.39 is 12.2 Å². The lowest BCUT2D eigenvalue weighted by Gasteiger charge is -2.16. The number of aliphatic hydroxyl groups excluding tert-OH is 2. The Bertz CT molecular complexity index is 294. The van der Waals surface area contributed by atoms with E-state index in [4.69, 9.17) is 5.84 Å². The topological polar surface area (TPSA) is 91.4 Å². The van der Waals surface area contributed by atoms with Gasteiger partial charge >= 0.3 is 0 Å². The van der Waals surface area contributed by atoms with E-state index in [1.807, 2.05) is 0 Å². The monoisotopic (exact) mass is 275 g/mol. The van der Waals surface area contributed by atoms with Gasteiger partial charge in [-0.15, -0.1) is 0 Å². The van der Waals surface area contributed by atoms with Crippen LogP contribution in [-0.2, 0) is 0 Å². The van der Waals surface area contributed by atoms with E-state index >= 15 is 0 Å². The van der Waals surface area contributed by atoms with E-state index in [-0.39, 0.29) is 0 Å². The van der Waals surface area contributed by atoms with Gasteiger partial charge in [-0.25, -0.2) is 10.8 Å². The molecule has 0 fully saturated rings. The Morgan fingerprint density at radius 1 is 1.47 bits per heavy atom. The first-order chi connectivity index (χ1) is 7.19.